The van der Waals surface area contributed by atoms with Crippen LogP contribution in [0.25, 0.3) is 11.3 Å². The van der Waals surface area contributed by atoms with Gasteiger partial charge in [0, 0.05) is 5.56 Å². The Morgan fingerprint density at radius 1 is 1.00 bits per heavy atom. The lowest BCUT2D eigenvalue weighted by Crippen LogP contribution is -2.61. The van der Waals surface area contributed by atoms with Gasteiger partial charge in [0.05, 0.1) is 13.1 Å². The van der Waals surface area contributed by atoms with E-state index in [-0.39, 0.29) is 24.7 Å². The first-order valence-electron chi connectivity index (χ1n) is 7.71. The van der Waals surface area contributed by atoms with Crippen LogP contribution in [0.15, 0.2) is 60.7 Å². The summed E-state index contributed by atoms with van der Waals surface area (Å²) in [6, 6.07) is 18.8. The number of amides is 1. The molecule has 1 saturated heterocycles. The van der Waals surface area contributed by atoms with Crippen LogP contribution in [-0.4, -0.2) is 44.4 Å². The molecule has 1 aromatic heterocycles. The second-order valence-corrected chi connectivity index (χ2v) is 5.95. The number of aromatic nitrogens is 3. The van der Waals surface area contributed by atoms with Gasteiger partial charge in [0.1, 0.15) is 11.3 Å². The number of aromatic amines is 1. The largest absolute Gasteiger partial charge is 0.381 e. The minimum atomic E-state index is -0.992. The zero-order chi connectivity index (χ0) is 16.6. The number of H-pyrrole nitrogens is 1. The van der Waals surface area contributed by atoms with Crippen LogP contribution >= 0.6 is 0 Å². The molecule has 0 aliphatic carbocycles. The lowest BCUT2D eigenvalue weighted by Gasteiger charge is -2.46. The maximum atomic E-state index is 12.7. The van der Waals surface area contributed by atoms with Crippen molar-refractivity contribution in [2.45, 2.75) is 5.60 Å². The van der Waals surface area contributed by atoms with E-state index in [1.807, 2.05) is 60.7 Å². The molecule has 1 aliphatic heterocycles. The number of likely N-dealkylation sites (tertiary alicyclic amines) is 1. The van der Waals surface area contributed by atoms with Gasteiger partial charge in [-0.2, -0.15) is 15.4 Å². The van der Waals surface area contributed by atoms with Crippen molar-refractivity contribution >= 4 is 5.91 Å². The van der Waals surface area contributed by atoms with Crippen LogP contribution in [0.1, 0.15) is 16.1 Å². The number of carbonyl (C=O) groups is 1. The molecule has 6 nitrogen and oxygen atoms in total. The highest BCUT2D eigenvalue weighted by molar-refractivity contribution is 5.98. The van der Waals surface area contributed by atoms with Crippen molar-refractivity contribution in [2.75, 3.05) is 13.1 Å². The van der Waals surface area contributed by atoms with Gasteiger partial charge >= 0.3 is 0 Å². The van der Waals surface area contributed by atoms with Crippen molar-refractivity contribution in [1.82, 2.24) is 20.3 Å². The fraction of sp³-hybridized carbons (Fsp3) is 0.167. The third-order valence-electron chi connectivity index (χ3n) is 4.30. The Balaban J connectivity index is 1.54. The fourth-order valence-corrected chi connectivity index (χ4v) is 2.99. The maximum absolute atomic E-state index is 12.7. The minimum Gasteiger partial charge on any atom is -0.381 e. The van der Waals surface area contributed by atoms with Gasteiger partial charge in [0.2, 0.25) is 0 Å². The monoisotopic (exact) mass is 320 g/mol. The van der Waals surface area contributed by atoms with E-state index < -0.39 is 5.60 Å². The lowest BCUT2D eigenvalue weighted by atomic mass is 9.86. The van der Waals surface area contributed by atoms with Gasteiger partial charge in [0.25, 0.3) is 5.91 Å². The second-order valence-electron chi connectivity index (χ2n) is 5.95. The van der Waals surface area contributed by atoms with Gasteiger partial charge in [-0.1, -0.05) is 60.7 Å². The molecule has 1 fully saturated rings. The molecule has 4 rings (SSSR count). The number of aliphatic hydroxyl groups is 1. The maximum Gasteiger partial charge on any atom is 0.276 e. The number of benzene rings is 2. The van der Waals surface area contributed by atoms with E-state index in [0.717, 1.165) is 11.1 Å². The Morgan fingerprint density at radius 3 is 2.29 bits per heavy atom. The predicted molar refractivity (Wildman–Crippen MR) is 88.1 cm³/mol. The summed E-state index contributed by atoms with van der Waals surface area (Å²) in [5, 5.41) is 21.3. The third-order valence-corrected chi connectivity index (χ3v) is 4.30. The second kappa shape index (κ2) is 5.58. The number of rotatable bonds is 3. The number of β-amino-alcohol motifs (C(OH)–C–C–N with tert-alkyl or cyclic N) is 1. The topological polar surface area (TPSA) is 82.1 Å². The highest BCUT2D eigenvalue weighted by Crippen LogP contribution is 2.33. The molecule has 3 aromatic rings. The Bertz CT molecular complexity index is 855. The highest BCUT2D eigenvalue weighted by atomic mass is 16.3. The van der Waals surface area contributed by atoms with Crippen molar-refractivity contribution in [3.05, 3.63) is 71.9 Å². The van der Waals surface area contributed by atoms with E-state index in [1.165, 1.54) is 0 Å². The van der Waals surface area contributed by atoms with Crippen LogP contribution in [0, 0.1) is 0 Å². The predicted octanol–water partition coefficient (Wildman–Crippen LogP) is 1.82. The van der Waals surface area contributed by atoms with Crippen molar-refractivity contribution in [2.24, 2.45) is 0 Å². The first kappa shape index (κ1) is 14.6. The zero-order valence-electron chi connectivity index (χ0n) is 12.9. The molecule has 1 amide bonds. The fourth-order valence-electron chi connectivity index (χ4n) is 2.99. The Kier molecular flexibility index (Phi) is 3.39. The SMILES string of the molecule is O=C(c1n[nH]nc1-c1ccccc1)N1CC(O)(c2ccccc2)C1. The van der Waals surface area contributed by atoms with Gasteiger partial charge < -0.3 is 10.0 Å². The molecule has 2 N–H and O–H groups in total. The Labute approximate surface area is 138 Å². The molecule has 0 unspecified atom stereocenters. The number of carbonyl (C=O) groups excluding carboxylic acids is 1. The van der Waals surface area contributed by atoms with E-state index in [4.69, 9.17) is 0 Å². The van der Waals surface area contributed by atoms with Gasteiger partial charge in [-0.25, -0.2) is 0 Å². The van der Waals surface area contributed by atoms with Gasteiger partial charge in [-0.15, -0.1) is 0 Å². The number of hydrogen-bond donors (Lipinski definition) is 2. The van der Waals surface area contributed by atoms with E-state index in [0.29, 0.717) is 5.69 Å². The summed E-state index contributed by atoms with van der Waals surface area (Å²) in [6.45, 7) is 0.494. The molecule has 1 aliphatic rings. The van der Waals surface area contributed by atoms with Crippen molar-refractivity contribution in [3.63, 3.8) is 0 Å². The molecule has 2 heterocycles. The Hall–Kier alpha value is -2.99. The summed E-state index contributed by atoms with van der Waals surface area (Å²) < 4.78 is 0. The Morgan fingerprint density at radius 2 is 1.62 bits per heavy atom. The van der Waals surface area contributed by atoms with Crippen LogP contribution in [0.3, 0.4) is 0 Å². The van der Waals surface area contributed by atoms with Crippen molar-refractivity contribution in [3.8, 4) is 11.3 Å². The molecule has 0 saturated carbocycles. The lowest BCUT2D eigenvalue weighted by molar-refractivity contribution is -0.0865. The standard InChI is InChI=1S/C18H16N4O2/c23-17(16-15(19-21-20-16)13-7-3-1-4-8-13)22-11-18(24,12-22)14-9-5-2-6-10-14/h1-10,24H,11-12H2,(H,19,20,21). The van der Waals surface area contributed by atoms with Crippen LogP contribution in [0.5, 0.6) is 0 Å². The molecule has 6 heteroatoms. The van der Waals surface area contributed by atoms with Crippen molar-refractivity contribution in [1.29, 1.82) is 0 Å². The normalized spacial score (nSPS) is 15.8. The van der Waals surface area contributed by atoms with Gasteiger partial charge in [-0.05, 0) is 5.56 Å². The smallest absolute Gasteiger partial charge is 0.276 e. The van der Waals surface area contributed by atoms with E-state index in [1.54, 1.807) is 4.90 Å². The van der Waals surface area contributed by atoms with Crippen molar-refractivity contribution < 1.29 is 9.90 Å². The molecule has 0 radical (unpaired) electrons. The van der Waals surface area contributed by atoms with Crippen LogP contribution in [-0.2, 0) is 5.60 Å². The van der Waals surface area contributed by atoms with E-state index >= 15 is 0 Å². The van der Waals surface area contributed by atoms with E-state index in [2.05, 4.69) is 15.4 Å². The average Bonchev–Trinajstić information content (AvgIpc) is 3.09. The summed E-state index contributed by atoms with van der Waals surface area (Å²) in [5.41, 5.74) is 1.45. The molecule has 0 spiro atoms. The van der Waals surface area contributed by atoms with E-state index in [9.17, 15) is 9.90 Å². The highest BCUT2D eigenvalue weighted by Gasteiger charge is 2.46. The third kappa shape index (κ3) is 2.37. The van der Waals surface area contributed by atoms with Crippen LogP contribution < -0.4 is 0 Å². The molecular formula is C18H16N4O2. The molecule has 0 bridgehead atoms. The number of hydrogen-bond acceptors (Lipinski definition) is 4. The van der Waals surface area contributed by atoms with Crippen LogP contribution in [0.4, 0.5) is 0 Å². The van der Waals surface area contributed by atoms with Crippen LogP contribution in [0.2, 0.25) is 0 Å². The first-order chi connectivity index (χ1) is 11.7. The summed E-state index contributed by atoms with van der Waals surface area (Å²) in [7, 11) is 0. The first-order valence-corrected chi connectivity index (χ1v) is 7.71. The molecular weight excluding hydrogens is 304 g/mol. The number of nitrogens with one attached hydrogen (secondary N) is 1. The molecule has 120 valence electrons. The zero-order valence-corrected chi connectivity index (χ0v) is 12.9. The van der Waals surface area contributed by atoms with Gasteiger partial charge in [0.15, 0.2) is 5.69 Å². The molecule has 0 atom stereocenters. The summed E-state index contributed by atoms with van der Waals surface area (Å²) in [5.74, 6) is -0.233. The summed E-state index contributed by atoms with van der Waals surface area (Å²) in [6.07, 6.45) is 0. The average molecular weight is 320 g/mol. The summed E-state index contributed by atoms with van der Waals surface area (Å²) in [4.78, 5) is 14.3. The molecule has 24 heavy (non-hydrogen) atoms. The van der Waals surface area contributed by atoms with Gasteiger partial charge in [-0.3, -0.25) is 4.79 Å². The molecule has 2 aromatic carbocycles. The summed E-state index contributed by atoms with van der Waals surface area (Å²) >= 11 is 0. The quantitative estimate of drug-likeness (QED) is 0.771. The minimum absolute atomic E-state index is 0.233. The number of nitrogens with zero attached hydrogens (tertiary/aromatic N) is 3.